The normalized spacial score (nSPS) is 28.0. The molecule has 24 heavy (non-hydrogen) atoms. The summed E-state index contributed by atoms with van der Waals surface area (Å²) in [5.41, 5.74) is 5.88. The number of nitrogens with zero attached hydrogens (tertiary/aromatic N) is 2. The average molecular weight is 339 g/mol. The van der Waals surface area contributed by atoms with Crippen LogP contribution in [-0.4, -0.2) is 48.7 Å². The van der Waals surface area contributed by atoms with E-state index in [1.807, 2.05) is 34.7 Å². The van der Waals surface area contributed by atoms with Crippen molar-refractivity contribution in [1.29, 1.82) is 0 Å². The van der Waals surface area contributed by atoms with Crippen molar-refractivity contribution in [2.24, 2.45) is 10.9 Å². The summed E-state index contributed by atoms with van der Waals surface area (Å²) in [6, 6.07) is 0.0879. The smallest absolute Gasteiger partial charge is 0.410 e. The summed E-state index contributed by atoms with van der Waals surface area (Å²) in [6.07, 6.45) is 3.02. The van der Waals surface area contributed by atoms with E-state index in [1.165, 1.54) is 0 Å². The van der Waals surface area contributed by atoms with Gasteiger partial charge in [0.1, 0.15) is 18.3 Å². The van der Waals surface area contributed by atoms with Gasteiger partial charge in [-0.15, -0.1) is 5.12 Å². The third-order valence-corrected chi connectivity index (χ3v) is 4.09. The van der Waals surface area contributed by atoms with E-state index in [2.05, 4.69) is 15.8 Å². The maximum absolute atomic E-state index is 12.2. The number of hydrogen-bond acceptors (Lipinski definition) is 6. The second kappa shape index (κ2) is 7.29. The number of amides is 1. The number of carbonyl (C=O) groups is 1. The second-order valence-electron chi connectivity index (χ2n) is 7.51. The van der Waals surface area contributed by atoms with Crippen LogP contribution in [-0.2, 0) is 4.74 Å². The molecule has 2 rings (SSSR count). The Bertz CT molecular complexity index is 526. The molecule has 0 bridgehead atoms. The Morgan fingerprint density at radius 2 is 2.25 bits per heavy atom. The number of nitrogens with one attached hydrogen (secondary N) is 3. The Hall–Kier alpha value is -1.96. The summed E-state index contributed by atoms with van der Waals surface area (Å²) >= 11 is 0. The van der Waals surface area contributed by atoms with Crippen molar-refractivity contribution >= 4 is 12.0 Å². The Kier molecular flexibility index (Phi) is 5.58. The van der Waals surface area contributed by atoms with Gasteiger partial charge < -0.3 is 14.7 Å². The van der Waals surface area contributed by atoms with Crippen LogP contribution in [0.25, 0.3) is 0 Å². The van der Waals surface area contributed by atoms with Gasteiger partial charge in [-0.2, -0.15) is 0 Å². The lowest BCUT2D eigenvalue weighted by Gasteiger charge is -2.38. The molecule has 2 aliphatic heterocycles. The van der Waals surface area contributed by atoms with Gasteiger partial charge in [0.05, 0.1) is 6.20 Å². The molecule has 0 saturated carbocycles. The molecule has 2 heterocycles. The van der Waals surface area contributed by atoms with Crippen LogP contribution in [0.3, 0.4) is 0 Å². The number of rotatable bonds is 3. The van der Waals surface area contributed by atoms with Crippen molar-refractivity contribution in [3.8, 4) is 0 Å². The summed E-state index contributed by atoms with van der Waals surface area (Å²) in [4.78, 5) is 18.1. The zero-order chi connectivity index (χ0) is 17.9. The van der Waals surface area contributed by atoms with Crippen LogP contribution in [0.5, 0.6) is 0 Å². The van der Waals surface area contributed by atoms with E-state index in [1.54, 1.807) is 11.1 Å². The number of likely N-dealkylation sites (tertiary alicyclic amines) is 1. The molecule has 3 N–H and O–H groups in total. The molecule has 0 spiro atoms. The summed E-state index contributed by atoms with van der Waals surface area (Å²) in [6.45, 7) is 8.75. The van der Waals surface area contributed by atoms with Crippen molar-refractivity contribution in [1.82, 2.24) is 15.8 Å². The highest BCUT2D eigenvalue weighted by Gasteiger charge is 2.31. The van der Waals surface area contributed by atoms with Crippen LogP contribution in [0, 0.1) is 5.92 Å². The van der Waals surface area contributed by atoms with Gasteiger partial charge in [-0.25, -0.2) is 15.6 Å². The van der Waals surface area contributed by atoms with Gasteiger partial charge in [-0.3, -0.25) is 4.99 Å². The Balaban J connectivity index is 1.84. The molecule has 3 unspecified atom stereocenters. The van der Waals surface area contributed by atoms with Crippen LogP contribution >= 0.6 is 0 Å². The van der Waals surface area contributed by atoms with Gasteiger partial charge in [-0.1, -0.05) is 0 Å². The lowest BCUT2D eigenvalue weighted by molar-refractivity contribution is -0.952. The largest absolute Gasteiger partial charge is 0.857 e. The molecule has 0 aromatic heterocycles. The van der Waals surface area contributed by atoms with Gasteiger partial charge in [0, 0.05) is 25.0 Å². The van der Waals surface area contributed by atoms with Crippen molar-refractivity contribution in [3.63, 3.8) is 0 Å². The van der Waals surface area contributed by atoms with E-state index >= 15 is 0 Å². The fourth-order valence-corrected chi connectivity index (χ4v) is 2.89. The first-order valence-electron chi connectivity index (χ1n) is 8.44. The molecule has 8 heteroatoms. The molecule has 0 aromatic carbocycles. The predicted molar refractivity (Wildman–Crippen MR) is 88.7 cm³/mol. The van der Waals surface area contributed by atoms with Gasteiger partial charge in [0.2, 0.25) is 0 Å². The summed E-state index contributed by atoms with van der Waals surface area (Å²) in [5.74, 6) is 0.0734. The topological polar surface area (TPSA) is 93.5 Å². The number of aliphatic imine (C=N–C) groups is 1. The minimum Gasteiger partial charge on any atom is -0.857 e. The van der Waals surface area contributed by atoms with Crippen LogP contribution < -0.4 is 21.1 Å². The lowest BCUT2D eigenvalue weighted by atomic mass is 9.92. The molecule has 0 aromatic rings. The maximum atomic E-state index is 12.2. The van der Waals surface area contributed by atoms with Crippen LogP contribution in [0.2, 0.25) is 0 Å². The molecule has 1 fully saturated rings. The first-order chi connectivity index (χ1) is 11.2. The third kappa shape index (κ3) is 5.02. The van der Waals surface area contributed by atoms with Gasteiger partial charge in [0.25, 0.3) is 0 Å². The fraction of sp³-hybridized carbons (Fsp3) is 0.750. The summed E-state index contributed by atoms with van der Waals surface area (Å²) < 4.78 is 5.44. The number of piperidine rings is 1. The Labute approximate surface area is 143 Å². The fourth-order valence-electron chi connectivity index (χ4n) is 2.89. The zero-order valence-corrected chi connectivity index (χ0v) is 15.2. The Morgan fingerprint density at radius 1 is 1.54 bits per heavy atom. The molecule has 0 aliphatic carbocycles. The molecule has 1 amide bonds. The number of quaternary nitrogens is 1. The van der Waals surface area contributed by atoms with E-state index in [0.29, 0.717) is 24.7 Å². The minimum absolute atomic E-state index is 0.0879. The second-order valence-corrected chi connectivity index (χ2v) is 7.51. The average Bonchev–Trinajstić information content (AvgIpc) is 2.89. The molecule has 2 aliphatic rings. The maximum Gasteiger partial charge on any atom is 0.410 e. The zero-order valence-electron chi connectivity index (χ0n) is 15.2. The summed E-state index contributed by atoms with van der Waals surface area (Å²) in [5, 5.41) is 12.8. The summed E-state index contributed by atoms with van der Waals surface area (Å²) in [7, 11) is 1.85. The molecular weight excluding hydrogens is 310 g/mol. The van der Waals surface area contributed by atoms with Crippen LogP contribution in [0.15, 0.2) is 16.9 Å². The lowest BCUT2D eigenvalue weighted by Crippen LogP contribution is -3.19. The molecule has 3 atom stereocenters. The van der Waals surface area contributed by atoms with Gasteiger partial charge >= 0.3 is 6.09 Å². The quantitative estimate of drug-likeness (QED) is 0.460. The number of ether oxygens (including phenoxy) is 1. The first-order valence-corrected chi connectivity index (χ1v) is 8.44. The monoisotopic (exact) mass is 339 g/mol. The van der Waals surface area contributed by atoms with Gasteiger partial charge in [0.15, 0.2) is 0 Å². The number of carbonyl (C=O) groups excluding carboxylic acids is 1. The number of hydrogen-bond donors (Lipinski definition) is 3. The Morgan fingerprint density at radius 3 is 2.79 bits per heavy atom. The van der Waals surface area contributed by atoms with Crippen molar-refractivity contribution in [2.45, 2.75) is 52.2 Å². The highest BCUT2D eigenvalue weighted by Crippen LogP contribution is 2.25. The molecular formula is C16H29N5O3. The molecule has 1 saturated heterocycles. The van der Waals surface area contributed by atoms with Crippen molar-refractivity contribution < 1.29 is 19.8 Å². The highest BCUT2D eigenvalue weighted by atomic mass is 16.6. The van der Waals surface area contributed by atoms with Gasteiger partial charge in [-0.05, 0) is 46.5 Å². The molecule has 0 radical (unpaired) electrons. The molecule has 8 nitrogen and oxygen atoms in total. The predicted octanol–water partition coefficient (Wildman–Crippen LogP) is -0.840. The minimum atomic E-state index is -0.486. The first kappa shape index (κ1) is 18.4. The van der Waals surface area contributed by atoms with Crippen molar-refractivity contribution in [3.05, 3.63) is 11.9 Å². The van der Waals surface area contributed by atoms with E-state index in [-0.39, 0.29) is 18.0 Å². The molecule has 136 valence electrons. The van der Waals surface area contributed by atoms with E-state index < -0.39 is 5.60 Å². The third-order valence-electron chi connectivity index (χ3n) is 4.09. The van der Waals surface area contributed by atoms with Crippen LogP contribution in [0.4, 0.5) is 4.79 Å². The van der Waals surface area contributed by atoms with Crippen LogP contribution in [0.1, 0.15) is 40.5 Å². The highest BCUT2D eigenvalue weighted by molar-refractivity contribution is 5.89. The SMILES string of the molecule is CC1CC(CN=C([O-])C2=CN[NH+](C)N2)CCN1C(=O)OC(C)(C)C. The van der Waals surface area contributed by atoms with Crippen molar-refractivity contribution in [2.75, 3.05) is 20.1 Å². The van der Waals surface area contributed by atoms with E-state index in [0.717, 1.165) is 18.0 Å². The standard InChI is InChI=1S/C16H29N5O3/c1-11-8-12(6-7-21(11)15(23)24-16(2,3)4)9-17-14(22)13-10-18-20(5)19-13/h10-12,18-19H,6-9H2,1-5H3,(H,17,22). The van der Waals surface area contributed by atoms with E-state index in [4.69, 9.17) is 4.74 Å². The van der Waals surface area contributed by atoms with E-state index in [9.17, 15) is 9.90 Å².